The Labute approximate surface area is 119 Å². The molecular weight excluding hydrogens is 260 g/mol. The number of amides is 1. The van der Waals surface area contributed by atoms with E-state index in [4.69, 9.17) is 17.3 Å². The van der Waals surface area contributed by atoms with E-state index in [2.05, 4.69) is 5.32 Å². The van der Waals surface area contributed by atoms with E-state index in [0.29, 0.717) is 17.1 Å². The van der Waals surface area contributed by atoms with Crippen LogP contribution in [-0.4, -0.2) is 18.0 Å². The second kappa shape index (κ2) is 5.93. The highest BCUT2D eigenvalue weighted by Gasteiger charge is 2.28. The number of halogens is 1. The van der Waals surface area contributed by atoms with E-state index in [1.165, 1.54) is 6.42 Å². The molecular formula is C15H21ClN2O. The average molecular weight is 281 g/mol. The molecule has 1 saturated carbocycles. The molecule has 1 aromatic carbocycles. The first-order valence-corrected chi connectivity index (χ1v) is 7.22. The molecule has 3 nitrogen and oxygen atoms in total. The monoisotopic (exact) mass is 280 g/mol. The maximum Gasteiger partial charge on any atom is 0.252 e. The summed E-state index contributed by atoms with van der Waals surface area (Å²) in [7, 11) is 0. The van der Waals surface area contributed by atoms with E-state index in [9.17, 15) is 4.79 Å². The quantitative estimate of drug-likeness (QED) is 0.894. The highest BCUT2D eigenvalue weighted by Crippen LogP contribution is 2.25. The fourth-order valence-corrected chi connectivity index (χ4v) is 2.82. The number of carbonyl (C=O) groups excluding carboxylic acids is 1. The molecule has 19 heavy (non-hydrogen) atoms. The van der Waals surface area contributed by atoms with Crippen LogP contribution in [0.3, 0.4) is 0 Å². The van der Waals surface area contributed by atoms with Crippen molar-refractivity contribution in [1.29, 1.82) is 0 Å². The molecule has 0 bridgehead atoms. The molecule has 1 fully saturated rings. The molecule has 0 saturated heterocycles. The van der Waals surface area contributed by atoms with Crippen LogP contribution in [-0.2, 0) is 0 Å². The van der Waals surface area contributed by atoms with Gasteiger partial charge >= 0.3 is 0 Å². The van der Waals surface area contributed by atoms with Gasteiger partial charge in [0.05, 0.1) is 10.6 Å². The minimum atomic E-state index is -0.246. The molecule has 0 atom stereocenters. The molecule has 4 heteroatoms. The van der Waals surface area contributed by atoms with Crippen LogP contribution in [0.15, 0.2) is 18.2 Å². The summed E-state index contributed by atoms with van der Waals surface area (Å²) in [6.07, 6.45) is 5.51. The summed E-state index contributed by atoms with van der Waals surface area (Å²) < 4.78 is 0. The van der Waals surface area contributed by atoms with Crippen LogP contribution >= 0.6 is 11.6 Å². The van der Waals surface area contributed by atoms with Crippen molar-refractivity contribution >= 4 is 17.5 Å². The maximum absolute atomic E-state index is 12.2. The van der Waals surface area contributed by atoms with Gasteiger partial charge in [0, 0.05) is 12.1 Å². The molecule has 0 radical (unpaired) electrons. The zero-order chi connectivity index (χ0) is 13.9. The number of hydrogen-bond acceptors (Lipinski definition) is 2. The summed E-state index contributed by atoms with van der Waals surface area (Å²) in [5.74, 6) is -0.135. The predicted molar refractivity (Wildman–Crippen MR) is 78.5 cm³/mol. The molecule has 3 N–H and O–H groups in total. The van der Waals surface area contributed by atoms with Crippen molar-refractivity contribution in [3.63, 3.8) is 0 Å². The summed E-state index contributed by atoms with van der Waals surface area (Å²) in [6, 6.07) is 5.48. The number of nitrogens with one attached hydrogen (secondary N) is 1. The molecule has 1 aromatic rings. The van der Waals surface area contributed by atoms with E-state index in [-0.39, 0.29) is 11.4 Å². The Balaban J connectivity index is 1.99. The Hall–Kier alpha value is -1.06. The van der Waals surface area contributed by atoms with Crippen LogP contribution < -0.4 is 11.1 Å². The van der Waals surface area contributed by atoms with Gasteiger partial charge < -0.3 is 11.1 Å². The summed E-state index contributed by atoms with van der Waals surface area (Å²) >= 11 is 6.15. The molecule has 0 aromatic heterocycles. The summed E-state index contributed by atoms with van der Waals surface area (Å²) in [5, 5.41) is 3.45. The van der Waals surface area contributed by atoms with Crippen molar-refractivity contribution < 1.29 is 4.79 Å². The molecule has 104 valence electrons. The van der Waals surface area contributed by atoms with Crippen LogP contribution in [0.4, 0.5) is 0 Å². The zero-order valence-electron chi connectivity index (χ0n) is 11.3. The van der Waals surface area contributed by atoms with E-state index >= 15 is 0 Å². The summed E-state index contributed by atoms with van der Waals surface area (Å²) in [4.78, 5) is 12.2. The highest BCUT2D eigenvalue weighted by molar-refractivity contribution is 6.34. The third-order valence-electron chi connectivity index (χ3n) is 3.89. The van der Waals surface area contributed by atoms with Crippen LogP contribution in [0.2, 0.25) is 5.02 Å². The highest BCUT2D eigenvalue weighted by atomic mass is 35.5. The molecule has 0 spiro atoms. The van der Waals surface area contributed by atoms with Gasteiger partial charge in [0.1, 0.15) is 0 Å². The van der Waals surface area contributed by atoms with Crippen LogP contribution in [0.25, 0.3) is 0 Å². The van der Waals surface area contributed by atoms with Gasteiger partial charge in [0.15, 0.2) is 0 Å². The minimum absolute atomic E-state index is 0.135. The molecule has 0 unspecified atom stereocenters. The molecule has 0 heterocycles. The molecule has 2 rings (SSSR count). The normalized spacial score (nSPS) is 18.1. The van der Waals surface area contributed by atoms with Crippen molar-refractivity contribution in [3.8, 4) is 0 Å². The van der Waals surface area contributed by atoms with Crippen molar-refractivity contribution in [2.75, 3.05) is 6.54 Å². The lowest BCUT2D eigenvalue weighted by molar-refractivity contribution is 0.0937. The lowest BCUT2D eigenvalue weighted by atomic mass is 9.82. The van der Waals surface area contributed by atoms with Gasteiger partial charge in [0.25, 0.3) is 5.91 Å². The van der Waals surface area contributed by atoms with E-state index < -0.39 is 0 Å². The van der Waals surface area contributed by atoms with E-state index in [0.717, 1.165) is 31.2 Å². The van der Waals surface area contributed by atoms with Gasteiger partial charge in [-0.25, -0.2) is 0 Å². The Morgan fingerprint density at radius 3 is 2.74 bits per heavy atom. The number of nitrogens with two attached hydrogens (primary N) is 1. The Kier molecular flexibility index (Phi) is 4.48. The minimum Gasteiger partial charge on any atom is -0.350 e. The zero-order valence-corrected chi connectivity index (χ0v) is 12.1. The third kappa shape index (κ3) is 3.48. The first-order chi connectivity index (χ1) is 9.02. The van der Waals surface area contributed by atoms with Gasteiger partial charge in [0.2, 0.25) is 0 Å². The van der Waals surface area contributed by atoms with Gasteiger partial charge in [-0.05, 0) is 31.4 Å². The number of benzene rings is 1. The van der Waals surface area contributed by atoms with Crippen molar-refractivity contribution in [2.45, 2.75) is 44.6 Å². The van der Waals surface area contributed by atoms with Gasteiger partial charge in [-0.15, -0.1) is 0 Å². The third-order valence-corrected chi connectivity index (χ3v) is 4.39. The molecule has 0 aliphatic heterocycles. The van der Waals surface area contributed by atoms with Crippen LogP contribution in [0.5, 0.6) is 0 Å². The summed E-state index contributed by atoms with van der Waals surface area (Å²) in [5.41, 5.74) is 7.50. The second-order valence-electron chi connectivity index (χ2n) is 5.54. The van der Waals surface area contributed by atoms with Crippen molar-refractivity contribution in [1.82, 2.24) is 5.32 Å². The number of hydrogen-bond donors (Lipinski definition) is 2. The van der Waals surface area contributed by atoms with Gasteiger partial charge in [-0.2, -0.15) is 0 Å². The Morgan fingerprint density at radius 2 is 2.05 bits per heavy atom. The fraction of sp³-hybridized carbons (Fsp3) is 0.533. The standard InChI is InChI=1S/C15H21ClN2O/c1-11-6-5-7-12(13(11)16)14(19)18-10-15(17)8-3-2-4-9-15/h5-7H,2-4,8-10,17H2,1H3,(H,18,19). The van der Waals surface area contributed by atoms with Crippen molar-refractivity contribution in [3.05, 3.63) is 34.3 Å². The smallest absolute Gasteiger partial charge is 0.252 e. The first kappa shape index (κ1) is 14.4. The maximum atomic E-state index is 12.2. The second-order valence-corrected chi connectivity index (χ2v) is 5.92. The largest absolute Gasteiger partial charge is 0.350 e. The van der Waals surface area contributed by atoms with Gasteiger partial charge in [-0.1, -0.05) is 43.0 Å². The van der Waals surface area contributed by atoms with Crippen molar-refractivity contribution in [2.24, 2.45) is 5.73 Å². The lowest BCUT2D eigenvalue weighted by Gasteiger charge is -2.33. The fourth-order valence-electron chi connectivity index (χ4n) is 2.61. The first-order valence-electron chi connectivity index (χ1n) is 6.84. The van der Waals surface area contributed by atoms with Gasteiger partial charge in [-0.3, -0.25) is 4.79 Å². The summed E-state index contributed by atoms with van der Waals surface area (Å²) in [6.45, 7) is 2.42. The SMILES string of the molecule is Cc1cccc(C(=O)NCC2(N)CCCCC2)c1Cl. The molecule has 1 aliphatic carbocycles. The topological polar surface area (TPSA) is 55.1 Å². The number of rotatable bonds is 3. The Morgan fingerprint density at radius 1 is 1.37 bits per heavy atom. The van der Waals surface area contributed by atoms with Crippen LogP contribution in [0.1, 0.15) is 48.0 Å². The number of carbonyl (C=O) groups is 1. The lowest BCUT2D eigenvalue weighted by Crippen LogP contribution is -2.51. The molecule has 1 amide bonds. The predicted octanol–water partition coefficient (Wildman–Crippen LogP) is 3.04. The average Bonchev–Trinajstić information content (AvgIpc) is 2.40. The van der Waals surface area contributed by atoms with Crippen LogP contribution in [0, 0.1) is 6.92 Å². The number of aryl methyl sites for hydroxylation is 1. The molecule has 1 aliphatic rings. The Bertz CT molecular complexity index is 467. The van der Waals surface area contributed by atoms with E-state index in [1.54, 1.807) is 6.07 Å². The van der Waals surface area contributed by atoms with E-state index in [1.807, 2.05) is 19.1 Å².